The Morgan fingerprint density at radius 1 is 0.907 bits per heavy atom. The SMILES string of the molecule is O=C(Cc1nc(-c2ccc(NC(=O)c3cccc(CN4CCS(=O)(=O)CC4)c3)cc2)n[nH]1)Nc1cccc(C(F)(F)F)c1. The van der Waals surface area contributed by atoms with E-state index in [9.17, 15) is 31.2 Å². The van der Waals surface area contributed by atoms with Gasteiger partial charge >= 0.3 is 6.18 Å². The number of aromatic nitrogens is 3. The van der Waals surface area contributed by atoms with E-state index in [1.165, 1.54) is 12.1 Å². The van der Waals surface area contributed by atoms with Crippen molar-refractivity contribution < 1.29 is 31.2 Å². The Kier molecular flexibility index (Phi) is 8.59. The first-order chi connectivity index (χ1) is 20.4. The molecule has 0 aliphatic carbocycles. The van der Waals surface area contributed by atoms with E-state index in [4.69, 9.17) is 0 Å². The molecule has 43 heavy (non-hydrogen) atoms. The number of rotatable bonds is 8. The third-order valence-electron chi connectivity index (χ3n) is 6.77. The number of benzene rings is 3. The van der Waals surface area contributed by atoms with Gasteiger partial charge in [-0.3, -0.25) is 19.6 Å². The summed E-state index contributed by atoms with van der Waals surface area (Å²) in [6, 6.07) is 18.3. The monoisotopic (exact) mass is 612 g/mol. The molecule has 5 rings (SSSR count). The van der Waals surface area contributed by atoms with Gasteiger partial charge in [-0.15, -0.1) is 0 Å². The molecule has 14 heteroatoms. The van der Waals surface area contributed by atoms with Gasteiger partial charge < -0.3 is 10.6 Å². The van der Waals surface area contributed by atoms with E-state index in [1.54, 1.807) is 42.5 Å². The normalized spacial score (nSPS) is 15.1. The van der Waals surface area contributed by atoms with E-state index < -0.39 is 27.5 Å². The number of hydrogen-bond acceptors (Lipinski definition) is 7. The van der Waals surface area contributed by atoms with Gasteiger partial charge in [0, 0.05) is 42.1 Å². The van der Waals surface area contributed by atoms with E-state index in [2.05, 4.69) is 25.8 Å². The topological polar surface area (TPSA) is 137 Å². The van der Waals surface area contributed by atoms with Crippen molar-refractivity contribution >= 4 is 33.0 Å². The molecule has 2 amide bonds. The van der Waals surface area contributed by atoms with E-state index >= 15 is 0 Å². The second-order valence-electron chi connectivity index (χ2n) is 10.1. The molecule has 0 atom stereocenters. The molecule has 1 aromatic heterocycles. The van der Waals surface area contributed by atoms with E-state index in [0.29, 0.717) is 42.3 Å². The molecule has 2 heterocycles. The minimum Gasteiger partial charge on any atom is -0.326 e. The van der Waals surface area contributed by atoms with Crippen molar-refractivity contribution in [3.05, 3.63) is 95.3 Å². The van der Waals surface area contributed by atoms with Crippen molar-refractivity contribution in [1.82, 2.24) is 20.1 Å². The molecule has 1 saturated heterocycles. The summed E-state index contributed by atoms with van der Waals surface area (Å²) in [5.41, 5.74) is 1.68. The number of anilines is 2. The lowest BCUT2D eigenvalue weighted by Crippen LogP contribution is -2.39. The van der Waals surface area contributed by atoms with Gasteiger partial charge in [-0.1, -0.05) is 18.2 Å². The van der Waals surface area contributed by atoms with Crippen LogP contribution in [-0.2, 0) is 33.8 Å². The second-order valence-corrected chi connectivity index (χ2v) is 12.4. The first-order valence-corrected chi connectivity index (χ1v) is 15.1. The standard InChI is InChI=1S/C29H27F3N6O4S/c30-29(31,32)22-5-2-6-24(16-22)33-26(39)17-25-35-27(37-36-25)20-7-9-23(10-8-20)34-28(40)21-4-1-3-19(15-21)18-38-11-13-43(41,42)14-12-38/h1-10,15-16H,11-14,17-18H2,(H,33,39)(H,34,40)(H,35,36,37). The summed E-state index contributed by atoms with van der Waals surface area (Å²) in [6.07, 6.45) is -4.75. The number of amides is 2. The minimum atomic E-state index is -4.52. The lowest BCUT2D eigenvalue weighted by atomic mass is 10.1. The summed E-state index contributed by atoms with van der Waals surface area (Å²) in [5, 5.41) is 12.0. The number of sulfone groups is 1. The van der Waals surface area contributed by atoms with Gasteiger partial charge in [0.1, 0.15) is 5.82 Å². The molecule has 1 aliphatic rings. The number of alkyl halides is 3. The van der Waals surface area contributed by atoms with Crippen molar-refractivity contribution in [3.63, 3.8) is 0 Å². The minimum absolute atomic E-state index is 0.0172. The molecule has 0 bridgehead atoms. The average molecular weight is 613 g/mol. The van der Waals surface area contributed by atoms with E-state index in [-0.39, 0.29) is 35.3 Å². The van der Waals surface area contributed by atoms with Crippen LogP contribution in [-0.4, -0.2) is 64.9 Å². The molecule has 0 spiro atoms. The van der Waals surface area contributed by atoms with Crippen molar-refractivity contribution in [3.8, 4) is 11.4 Å². The van der Waals surface area contributed by atoms with Gasteiger partial charge in [0.25, 0.3) is 5.91 Å². The fraction of sp³-hybridized carbons (Fsp3) is 0.241. The highest BCUT2D eigenvalue weighted by molar-refractivity contribution is 7.91. The molecule has 3 aromatic carbocycles. The second kappa shape index (κ2) is 12.4. The Bertz CT molecular complexity index is 1730. The molecule has 0 unspecified atom stereocenters. The summed E-state index contributed by atoms with van der Waals surface area (Å²) in [4.78, 5) is 31.6. The van der Waals surface area contributed by atoms with Crippen LogP contribution < -0.4 is 10.6 Å². The Morgan fingerprint density at radius 2 is 1.63 bits per heavy atom. The highest BCUT2D eigenvalue weighted by Gasteiger charge is 2.30. The maximum atomic E-state index is 12.9. The first-order valence-electron chi connectivity index (χ1n) is 13.3. The van der Waals surface area contributed by atoms with Crippen LogP contribution in [0.25, 0.3) is 11.4 Å². The zero-order chi connectivity index (χ0) is 30.6. The third-order valence-corrected chi connectivity index (χ3v) is 8.38. The highest BCUT2D eigenvalue weighted by atomic mass is 32.2. The molecule has 0 radical (unpaired) electrons. The van der Waals surface area contributed by atoms with Crippen molar-refractivity contribution in [2.45, 2.75) is 19.1 Å². The van der Waals surface area contributed by atoms with Crippen LogP contribution in [0.5, 0.6) is 0 Å². The number of nitrogens with one attached hydrogen (secondary N) is 3. The molecule has 4 aromatic rings. The highest BCUT2D eigenvalue weighted by Crippen LogP contribution is 2.30. The number of carbonyl (C=O) groups excluding carboxylic acids is 2. The predicted molar refractivity (Wildman–Crippen MR) is 154 cm³/mol. The lowest BCUT2D eigenvalue weighted by molar-refractivity contribution is -0.137. The zero-order valence-corrected chi connectivity index (χ0v) is 23.5. The molecule has 224 valence electrons. The van der Waals surface area contributed by atoms with Gasteiger partial charge in [0.15, 0.2) is 15.7 Å². The number of carbonyl (C=O) groups is 2. The maximum Gasteiger partial charge on any atom is 0.416 e. The number of halogens is 3. The van der Waals surface area contributed by atoms with Crippen LogP contribution in [0.2, 0.25) is 0 Å². The van der Waals surface area contributed by atoms with Crippen molar-refractivity contribution in [2.75, 3.05) is 35.2 Å². The van der Waals surface area contributed by atoms with Crippen LogP contribution in [0, 0.1) is 0 Å². The summed E-state index contributed by atoms with van der Waals surface area (Å²) < 4.78 is 62.1. The Balaban J connectivity index is 1.15. The Morgan fingerprint density at radius 3 is 2.35 bits per heavy atom. The first kappa shape index (κ1) is 29.9. The van der Waals surface area contributed by atoms with Gasteiger partial charge in [0.2, 0.25) is 5.91 Å². The van der Waals surface area contributed by atoms with Crippen LogP contribution in [0.1, 0.15) is 27.3 Å². The average Bonchev–Trinajstić information content (AvgIpc) is 3.42. The molecule has 3 N–H and O–H groups in total. The predicted octanol–water partition coefficient (Wildman–Crippen LogP) is 4.15. The van der Waals surface area contributed by atoms with Gasteiger partial charge in [-0.05, 0) is 60.2 Å². The number of hydrogen-bond donors (Lipinski definition) is 3. The Hall–Kier alpha value is -4.56. The van der Waals surface area contributed by atoms with Crippen LogP contribution >= 0.6 is 0 Å². The van der Waals surface area contributed by atoms with Crippen molar-refractivity contribution in [2.24, 2.45) is 0 Å². The summed E-state index contributed by atoms with van der Waals surface area (Å²) in [5.74, 6) is -0.0647. The Labute approximate surface area is 245 Å². The molecular formula is C29H27F3N6O4S. The van der Waals surface area contributed by atoms with Crippen molar-refractivity contribution in [1.29, 1.82) is 0 Å². The van der Waals surface area contributed by atoms with Crippen LogP contribution in [0.15, 0.2) is 72.8 Å². The van der Waals surface area contributed by atoms with Gasteiger partial charge in [-0.25, -0.2) is 13.4 Å². The van der Waals surface area contributed by atoms with Crippen LogP contribution in [0.4, 0.5) is 24.5 Å². The molecular weight excluding hydrogens is 585 g/mol. The number of nitrogens with zero attached hydrogens (tertiary/aromatic N) is 3. The maximum absolute atomic E-state index is 12.9. The summed E-state index contributed by atoms with van der Waals surface area (Å²) in [7, 11) is -2.97. The van der Waals surface area contributed by atoms with E-state index in [1.807, 2.05) is 11.0 Å². The summed E-state index contributed by atoms with van der Waals surface area (Å²) in [6.45, 7) is 1.48. The quantitative estimate of drug-likeness (QED) is 0.272. The molecule has 1 fully saturated rings. The number of aromatic amines is 1. The smallest absolute Gasteiger partial charge is 0.326 e. The van der Waals surface area contributed by atoms with Gasteiger partial charge in [-0.2, -0.15) is 18.3 Å². The molecule has 0 saturated carbocycles. The van der Waals surface area contributed by atoms with E-state index in [0.717, 1.165) is 17.7 Å². The molecule has 10 nitrogen and oxygen atoms in total. The third kappa shape index (κ3) is 8.05. The molecule has 1 aliphatic heterocycles. The number of H-pyrrole nitrogens is 1. The zero-order valence-electron chi connectivity index (χ0n) is 22.7. The van der Waals surface area contributed by atoms with Gasteiger partial charge in [0.05, 0.1) is 23.5 Å². The fourth-order valence-corrected chi connectivity index (χ4v) is 5.79. The lowest BCUT2D eigenvalue weighted by Gasteiger charge is -2.26. The fourth-order valence-electron chi connectivity index (χ4n) is 4.52. The van der Waals surface area contributed by atoms with Crippen LogP contribution in [0.3, 0.4) is 0 Å². The largest absolute Gasteiger partial charge is 0.416 e. The summed E-state index contributed by atoms with van der Waals surface area (Å²) >= 11 is 0.